The maximum absolute atomic E-state index is 12.3. The van der Waals surface area contributed by atoms with Crippen LogP contribution in [0.3, 0.4) is 0 Å². The van der Waals surface area contributed by atoms with E-state index in [9.17, 15) is 4.79 Å². The maximum Gasteiger partial charge on any atom is 0.223 e. The van der Waals surface area contributed by atoms with Gasteiger partial charge in [0.05, 0.1) is 10.6 Å². The van der Waals surface area contributed by atoms with Gasteiger partial charge >= 0.3 is 0 Å². The third-order valence-electron chi connectivity index (χ3n) is 4.98. The average molecular weight is 417 g/mol. The summed E-state index contributed by atoms with van der Waals surface area (Å²) in [6.45, 7) is 3.07. The molecule has 0 saturated carbocycles. The number of nitrogens with zero attached hydrogens (tertiary/aromatic N) is 3. The normalized spacial score (nSPS) is 15.2. The molecular weight excluding hydrogens is 392 g/mol. The van der Waals surface area contributed by atoms with Crippen LogP contribution in [-0.4, -0.2) is 49.2 Å². The van der Waals surface area contributed by atoms with Crippen molar-refractivity contribution >= 4 is 44.1 Å². The van der Waals surface area contributed by atoms with Gasteiger partial charge in [0, 0.05) is 39.3 Å². The number of ether oxygens (including phenoxy) is 1. The topological polar surface area (TPSA) is 67.3 Å². The highest BCUT2D eigenvalue weighted by atomic mass is 32.1. The predicted molar refractivity (Wildman–Crippen MR) is 115 cm³/mol. The molecule has 1 amide bonds. The van der Waals surface area contributed by atoms with E-state index < -0.39 is 0 Å². The Morgan fingerprint density at radius 2 is 2.14 bits per heavy atom. The lowest BCUT2D eigenvalue weighted by Gasteiger charge is -2.30. The Balaban J connectivity index is 1.36. The number of aromatic nitrogens is 2. The summed E-state index contributed by atoms with van der Waals surface area (Å²) in [6.07, 6.45) is 2.58. The molecular formula is C20H24N4O2S2. The fraction of sp³-hybridized carbons (Fsp3) is 0.450. The fourth-order valence-corrected chi connectivity index (χ4v) is 5.09. The minimum atomic E-state index is 0.0942. The molecule has 0 radical (unpaired) electrons. The predicted octanol–water partition coefficient (Wildman–Crippen LogP) is 3.79. The zero-order valence-electron chi connectivity index (χ0n) is 15.9. The van der Waals surface area contributed by atoms with Crippen molar-refractivity contribution in [2.45, 2.75) is 19.3 Å². The van der Waals surface area contributed by atoms with Crippen LogP contribution in [0.1, 0.15) is 19.3 Å². The van der Waals surface area contributed by atoms with E-state index in [-0.39, 0.29) is 11.8 Å². The van der Waals surface area contributed by atoms with Crippen LogP contribution in [0, 0.1) is 5.92 Å². The number of nitrogens with one attached hydrogen (secondary N) is 1. The lowest BCUT2D eigenvalue weighted by atomic mass is 9.96. The molecule has 1 aliphatic rings. The molecule has 3 aromatic rings. The van der Waals surface area contributed by atoms with E-state index in [1.54, 1.807) is 29.8 Å². The molecule has 0 unspecified atom stereocenters. The average Bonchev–Trinajstić information content (AvgIpc) is 3.40. The first kappa shape index (κ1) is 19.3. The number of carbonyl (C=O) groups is 1. The molecule has 1 N–H and O–H groups in total. The Morgan fingerprint density at radius 1 is 1.29 bits per heavy atom. The molecule has 0 bridgehead atoms. The summed E-state index contributed by atoms with van der Waals surface area (Å²) in [5, 5.41) is 6.09. The van der Waals surface area contributed by atoms with E-state index in [0.717, 1.165) is 53.5 Å². The van der Waals surface area contributed by atoms with Gasteiger partial charge in [-0.1, -0.05) is 17.4 Å². The van der Waals surface area contributed by atoms with Crippen LogP contribution in [-0.2, 0) is 9.53 Å². The third kappa shape index (κ3) is 4.34. The van der Waals surface area contributed by atoms with Gasteiger partial charge in [-0.05, 0) is 42.8 Å². The minimum absolute atomic E-state index is 0.0942. The molecule has 148 valence electrons. The molecule has 1 fully saturated rings. The first-order valence-corrected chi connectivity index (χ1v) is 11.3. The molecule has 0 aliphatic carbocycles. The quantitative estimate of drug-likeness (QED) is 0.594. The number of rotatable bonds is 7. The molecule has 1 aliphatic heterocycles. The SMILES string of the molecule is COCCCNC(=O)C1CCN(c2nc3ccc(-c4cccs4)nc3s2)CC1. The molecule has 0 aromatic carbocycles. The molecule has 8 heteroatoms. The zero-order chi connectivity index (χ0) is 19.3. The van der Waals surface area contributed by atoms with Crippen molar-refractivity contribution in [1.82, 2.24) is 15.3 Å². The summed E-state index contributed by atoms with van der Waals surface area (Å²) in [5.74, 6) is 0.263. The molecule has 1 saturated heterocycles. The van der Waals surface area contributed by atoms with Crippen LogP contribution in [0.2, 0.25) is 0 Å². The van der Waals surface area contributed by atoms with Crippen LogP contribution in [0.15, 0.2) is 29.6 Å². The number of anilines is 1. The molecule has 0 atom stereocenters. The number of amides is 1. The summed E-state index contributed by atoms with van der Waals surface area (Å²) in [7, 11) is 1.68. The molecule has 4 rings (SSSR count). The number of hydrogen-bond acceptors (Lipinski definition) is 7. The lowest BCUT2D eigenvalue weighted by Crippen LogP contribution is -2.40. The number of thiophene rings is 1. The van der Waals surface area contributed by atoms with Crippen molar-refractivity contribution in [3.63, 3.8) is 0 Å². The Labute approximate surface area is 172 Å². The smallest absolute Gasteiger partial charge is 0.223 e. The van der Waals surface area contributed by atoms with Crippen molar-refractivity contribution in [2.24, 2.45) is 5.92 Å². The first-order chi connectivity index (χ1) is 13.7. The van der Waals surface area contributed by atoms with Crippen molar-refractivity contribution in [3.05, 3.63) is 29.6 Å². The van der Waals surface area contributed by atoms with Gasteiger partial charge in [0.15, 0.2) is 5.13 Å². The lowest BCUT2D eigenvalue weighted by molar-refractivity contribution is -0.125. The van der Waals surface area contributed by atoms with E-state index in [4.69, 9.17) is 14.7 Å². The molecule has 3 aromatic heterocycles. The zero-order valence-corrected chi connectivity index (χ0v) is 17.5. The number of fused-ring (bicyclic) bond motifs is 1. The monoisotopic (exact) mass is 416 g/mol. The van der Waals surface area contributed by atoms with Crippen molar-refractivity contribution in [3.8, 4) is 10.6 Å². The Hall–Kier alpha value is -2.03. The fourth-order valence-electron chi connectivity index (χ4n) is 3.41. The molecule has 28 heavy (non-hydrogen) atoms. The summed E-state index contributed by atoms with van der Waals surface area (Å²) >= 11 is 3.34. The van der Waals surface area contributed by atoms with Gasteiger partial charge in [0.1, 0.15) is 10.3 Å². The second-order valence-electron chi connectivity index (χ2n) is 6.89. The minimum Gasteiger partial charge on any atom is -0.385 e. The van der Waals surface area contributed by atoms with Gasteiger partial charge in [0.2, 0.25) is 5.91 Å². The van der Waals surface area contributed by atoms with Gasteiger partial charge in [-0.2, -0.15) is 0 Å². The van der Waals surface area contributed by atoms with E-state index in [2.05, 4.69) is 27.7 Å². The second-order valence-corrected chi connectivity index (χ2v) is 8.80. The van der Waals surface area contributed by atoms with Crippen molar-refractivity contribution < 1.29 is 9.53 Å². The summed E-state index contributed by atoms with van der Waals surface area (Å²) < 4.78 is 5.02. The third-order valence-corrected chi connectivity index (χ3v) is 6.90. The van der Waals surface area contributed by atoms with Gasteiger partial charge in [-0.15, -0.1) is 11.3 Å². The van der Waals surface area contributed by atoms with Crippen LogP contribution < -0.4 is 10.2 Å². The Morgan fingerprint density at radius 3 is 2.89 bits per heavy atom. The maximum atomic E-state index is 12.3. The Bertz CT molecular complexity index is 918. The highest BCUT2D eigenvalue weighted by molar-refractivity contribution is 7.21. The molecule has 0 spiro atoms. The van der Waals surface area contributed by atoms with Crippen LogP contribution >= 0.6 is 22.7 Å². The number of piperidine rings is 1. The van der Waals surface area contributed by atoms with Crippen molar-refractivity contribution in [2.75, 3.05) is 38.3 Å². The van der Waals surface area contributed by atoms with E-state index >= 15 is 0 Å². The standard InChI is InChI=1S/C20H24N4O2S2/c1-26-12-3-9-21-18(25)14-7-10-24(11-8-14)20-23-16-6-5-15(22-19(16)28-20)17-4-2-13-27-17/h2,4-6,13-14H,3,7-12H2,1H3,(H,21,25). The van der Waals surface area contributed by atoms with E-state index in [0.29, 0.717) is 13.2 Å². The van der Waals surface area contributed by atoms with Gasteiger partial charge in [-0.25, -0.2) is 9.97 Å². The van der Waals surface area contributed by atoms with Gasteiger partial charge < -0.3 is 15.0 Å². The van der Waals surface area contributed by atoms with Gasteiger partial charge in [0.25, 0.3) is 0 Å². The van der Waals surface area contributed by atoms with Gasteiger partial charge in [-0.3, -0.25) is 4.79 Å². The first-order valence-electron chi connectivity index (χ1n) is 9.57. The van der Waals surface area contributed by atoms with Crippen LogP contribution in [0.25, 0.3) is 20.9 Å². The van der Waals surface area contributed by atoms with E-state index in [1.165, 1.54) is 4.88 Å². The second kappa shape index (κ2) is 8.98. The number of carbonyl (C=O) groups excluding carboxylic acids is 1. The van der Waals surface area contributed by atoms with Crippen LogP contribution in [0.4, 0.5) is 5.13 Å². The summed E-state index contributed by atoms with van der Waals surface area (Å²) in [5.41, 5.74) is 1.94. The van der Waals surface area contributed by atoms with Crippen molar-refractivity contribution in [1.29, 1.82) is 0 Å². The van der Waals surface area contributed by atoms with Crippen LogP contribution in [0.5, 0.6) is 0 Å². The van der Waals surface area contributed by atoms with E-state index in [1.807, 2.05) is 12.1 Å². The summed E-state index contributed by atoms with van der Waals surface area (Å²) in [6, 6.07) is 8.23. The Kier molecular flexibility index (Phi) is 6.19. The highest BCUT2D eigenvalue weighted by Gasteiger charge is 2.26. The number of pyridine rings is 1. The molecule has 6 nitrogen and oxygen atoms in total. The number of methoxy groups -OCH3 is 1. The summed E-state index contributed by atoms with van der Waals surface area (Å²) in [4.78, 5) is 26.3. The molecule has 4 heterocycles. The number of thiazole rings is 1. The highest BCUT2D eigenvalue weighted by Crippen LogP contribution is 2.33. The largest absolute Gasteiger partial charge is 0.385 e. The number of hydrogen-bond donors (Lipinski definition) is 1.